The van der Waals surface area contributed by atoms with E-state index in [4.69, 9.17) is 5.73 Å². The van der Waals surface area contributed by atoms with Gasteiger partial charge in [-0.05, 0) is 30.5 Å². The van der Waals surface area contributed by atoms with Gasteiger partial charge in [-0.25, -0.2) is 4.98 Å². The van der Waals surface area contributed by atoms with Crippen molar-refractivity contribution in [1.29, 1.82) is 0 Å². The number of aromatic nitrogens is 1. The summed E-state index contributed by atoms with van der Waals surface area (Å²) in [5, 5.41) is 2.59. The van der Waals surface area contributed by atoms with Crippen LogP contribution in [0.2, 0.25) is 0 Å². The third-order valence-corrected chi connectivity index (χ3v) is 5.54. The zero-order valence-corrected chi connectivity index (χ0v) is 16.0. The summed E-state index contributed by atoms with van der Waals surface area (Å²) in [4.78, 5) is 18.5. The molecule has 0 bridgehead atoms. The number of rotatable bonds is 5. The number of carbonyl (C=O) groups excluding carboxylic acids is 1. The molecular weight excluding hydrogens is 398 g/mol. The van der Waals surface area contributed by atoms with Crippen molar-refractivity contribution < 1.29 is 4.79 Å². The van der Waals surface area contributed by atoms with Gasteiger partial charge in [0.05, 0.1) is 0 Å². The first kappa shape index (κ1) is 18.4. The molecule has 1 fully saturated rings. The summed E-state index contributed by atoms with van der Waals surface area (Å²) in [6.07, 6.45) is 2.24. The molecule has 0 unspecified atom stereocenters. The van der Waals surface area contributed by atoms with Crippen LogP contribution in [0.25, 0.3) is 0 Å². The molecule has 1 saturated carbocycles. The van der Waals surface area contributed by atoms with Crippen molar-refractivity contribution in [3.63, 3.8) is 0 Å². The van der Waals surface area contributed by atoms with E-state index < -0.39 is 0 Å². The first-order valence-electron chi connectivity index (χ1n) is 7.20. The second-order valence-electron chi connectivity index (χ2n) is 5.78. The van der Waals surface area contributed by atoms with E-state index in [9.17, 15) is 4.79 Å². The molecule has 1 amide bonds. The number of halogens is 2. The fourth-order valence-corrected chi connectivity index (χ4v) is 3.63. The molecule has 0 atom stereocenters. The first-order chi connectivity index (χ1) is 10.5. The minimum absolute atomic E-state index is 0. The van der Waals surface area contributed by atoms with Crippen LogP contribution in [0.15, 0.2) is 34.1 Å². The molecule has 2 aromatic rings. The highest BCUT2D eigenvalue weighted by atomic mass is 79.9. The van der Waals surface area contributed by atoms with Gasteiger partial charge in [0.1, 0.15) is 10.7 Å². The first-order valence-corrected chi connectivity index (χ1v) is 8.87. The van der Waals surface area contributed by atoms with Gasteiger partial charge >= 0.3 is 0 Å². The van der Waals surface area contributed by atoms with Crippen LogP contribution in [0.5, 0.6) is 0 Å². The summed E-state index contributed by atoms with van der Waals surface area (Å²) in [7, 11) is 1.85. The van der Waals surface area contributed by atoms with Gasteiger partial charge in [-0.1, -0.05) is 28.1 Å². The Morgan fingerprint density at radius 1 is 1.39 bits per heavy atom. The van der Waals surface area contributed by atoms with Crippen molar-refractivity contribution in [3.05, 3.63) is 50.4 Å². The lowest BCUT2D eigenvalue weighted by atomic mass is 9.95. The predicted molar refractivity (Wildman–Crippen MR) is 99.3 cm³/mol. The maximum Gasteiger partial charge on any atom is 0.273 e. The highest BCUT2D eigenvalue weighted by Gasteiger charge is 2.45. The van der Waals surface area contributed by atoms with E-state index >= 15 is 0 Å². The zero-order chi connectivity index (χ0) is 15.7. The molecule has 0 spiro atoms. The molecule has 1 heterocycles. The number of benzene rings is 1. The number of nitrogens with zero attached hydrogens (tertiary/aromatic N) is 2. The Balaban J connectivity index is 0.00000192. The molecule has 0 saturated heterocycles. The van der Waals surface area contributed by atoms with Crippen molar-refractivity contribution in [2.75, 3.05) is 13.6 Å². The topological polar surface area (TPSA) is 59.2 Å². The molecule has 124 valence electrons. The highest BCUT2D eigenvalue weighted by molar-refractivity contribution is 9.10. The van der Waals surface area contributed by atoms with Crippen LogP contribution in [-0.2, 0) is 12.0 Å². The van der Waals surface area contributed by atoms with Gasteiger partial charge < -0.3 is 10.6 Å². The maximum atomic E-state index is 12.5. The average Bonchev–Trinajstić information content (AvgIpc) is 3.14. The average molecular weight is 417 g/mol. The van der Waals surface area contributed by atoms with E-state index in [1.807, 2.05) is 7.05 Å². The molecule has 2 N–H and O–H groups in total. The minimum atomic E-state index is -0.0284. The zero-order valence-electron chi connectivity index (χ0n) is 12.8. The van der Waals surface area contributed by atoms with Gasteiger partial charge in [0.2, 0.25) is 0 Å². The van der Waals surface area contributed by atoms with Crippen LogP contribution in [0, 0.1) is 0 Å². The van der Waals surface area contributed by atoms with Gasteiger partial charge in [0.25, 0.3) is 5.91 Å². The smallest absolute Gasteiger partial charge is 0.273 e. The Kier molecular flexibility index (Phi) is 5.84. The van der Waals surface area contributed by atoms with Crippen molar-refractivity contribution in [2.24, 2.45) is 5.73 Å². The number of nitrogens with two attached hydrogens (primary N) is 1. The largest absolute Gasteiger partial charge is 0.339 e. The Morgan fingerprint density at radius 3 is 2.57 bits per heavy atom. The lowest BCUT2D eigenvalue weighted by molar-refractivity contribution is 0.0776. The highest BCUT2D eigenvalue weighted by Crippen LogP contribution is 2.48. The van der Waals surface area contributed by atoms with Crippen molar-refractivity contribution in [2.45, 2.75) is 24.8 Å². The SMILES string of the molecule is CN(CC1(c2ccc(Br)cc2)CC1)C(=O)c1csc(CN)n1.Cl. The van der Waals surface area contributed by atoms with E-state index in [0.29, 0.717) is 12.2 Å². The van der Waals surface area contributed by atoms with Crippen LogP contribution in [0.1, 0.15) is 33.9 Å². The van der Waals surface area contributed by atoms with E-state index in [-0.39, 0.29) is 23.7 Å². The summed E-state index contributed by atoms with van der Waals surface area (Å²) in [6, 6.07) is 8.41. The Hall–Kier alpha value is -0.950. The summed E-state index contributed by atoms with van der Waals surface area (Å²) in [5.41, 5.74) is 7.47. The monoisotopic (exact) mass is 415 g/mol. The van der Waals surface area contributed by atoms with Gasteiger partial charge in [-0.3, -0.25) is 4.79 Å². The van der Waals surface area contributed by atoms with Crippen LogP contribution in [0.3, 0.4) is 0 Å². The van der Waals surface area contributed by atoms with E-state index in [1.165, 1.54) is 16.9 Å². The molecule has 1 aliphatic carbocycles. The summed E-state index contributed by atoms with van der Waals surface area (Å²) < 4.78 is 1.08. The molecular formula is C16H19BrClN3OS. The fourth-order valence-electron chi connectivity index (χ4n) is 2.72. The molecule has 1 aliphatic rings. The normalized spacial score (nSPS) is 14.9. The van der Waals surface area contributed by atoms with E-state index in [2.05, 4.69) is 45.2 Å². The summed E-state index contributed by atoms with van der Waals surface area (Å²) in [6.45, 7) is 1.10. The van der Waals surface area contributed by atoms with Crippen molar-refractivity contribution >= 4 is 45.6 Å². The van der Waals surface area contributed by atoms with Gasteiger partial charge in [-0.2, -0.15) is 0 Å². The molecule has 0 aliphatic heterocycles. The molecule has 1 aromatic heterocycles. The van der Waals surface area contributed by atoms with Gasteiger partial charge in [-0.15, -0.1) is 23.7 Å². The van der Waals surface area contributed by atoms with Gasteiger partial charge in [0, 0.05) is 35.4 Å². The van der Waals surface area contributed by atoms with Crippen LogP contribution in [0.4, 0.5) is 0 Å². The van der Waals surface area contributed by atoms with E-state index in [1.54, 1.807) is 10.3 Å². The van der Waals surface area contributed by atoms with Gasteiger partial charge in [0.15, 0.2) is 0 Å². The summed E-state index contributed by atoms with van der Waals surface area (Å²) in [5.74, 6) is -0.0284. The lowest BCUT2D eigenvalue weighted by Crippen LogP contribution is -2.34. The molecule has 7 heteroatoms. The number of hydrogen-bond acceptors (Lipinski definition) is 4. The predicted octanol–water partition coefficient (Wildman–Crippen LogP) is 3.59. The fraction of sp³-hybridized carbons (Fsp3) is 0.375. The minimum Gasteiger partial charge on any atom is -0.339 e. The third-order valence-electron chi connectivity index (χ3n) is 4.14. The Bertz CT molecular complexity index is 685. The Morgan fingerprint density at radius 2 is 2.04 bits per heavy atom. The number of amides is 1. The quantitative estimate of drug-likeness (QED) is 0.810. The van der Waals surface area contributed by atoms with Crippen molar-refractivity contribution in [3.8, 4) is 0 Å². The Labute approximate surface area is 154 Å². The van der Waals surface area contributed by atoms with Crippen LogP contribution in [-0.4, -0.2) is 29.4 Å². The number of likely N-dealkylation sites (N-methyl/N-ethyl adjacent to an activating group) is 1. The number of thiazole rings is 1. The number of carbonyl (C=O) groups is 1. The lowest BCUT2D eigenvalue weighted by Gasteiger charge is -2.24. The molecule has 0 radical (unpaired) electrons. The van der Waals surface area contributed by atoms with Crippen molar-refractivity contribution in [1.82, 2.24) is 9.88 Å². The van der Waals surface area contributed by atoms with Crippen LogP contribution >= 0.6 is 39.7 Å². The third kappa shape index (κ3) is 3.94. The van der Waals surface area contributed by atoms with Crippen LogP contribution < -0.4 is 5.73 Å². The molecule has 1 aromatic carbocycles. The summed E-state index contributed by atoms with van der Waals surface area (Å²) >= 11 is 4.90. The second kappa shape index (κ2) is 7.30. The number of hydrogen-bond donors (Lipinski definition) is 1. The maximum absolute atomic E-state index is 12.5. The standard InChI is InChI=1S/C16H18BrN3OS.ClH/c1-20(15(21)13-9-22-14(8-18)19-13)10-16(6-7-16)11-2-4-12(17)5-3-11;/h2-5,9H,6-8,10,18H2,1H3;1H. The molecule has 23 heavy (non-hydrogen) atoms. The molecule has 4 nitrogen and oxygen atoms in total. The second-order valence-corrected chi connectivity index (χ2v) is 7.64. The molecule has 3 rings (SSSR count). The van der Waals surface area contributed by atoms with E-state index in [0.717, 1.165) is 28.9 Å².